The van der Waals surface area contributed by atoms with Crippen LogP contribution in [0.5, 0.6) is 0 Å². The van der Waals surface area contributed by atoms with Crippen LogP contribution in [0.4, 0.5) is 0 Å². The standard InChI is InChI=1S/C19H27N5O8/c1-13(25)32-12-23-17(29)11-22-16(28)10-21-15(27)9-20-14(26)5-3-2-4-8-24-18(30)6-7-19(24)31/h6-7H,2-5,8-12H2,1H3,(H,20,26)(H,21,27)(H,22,28)(H,23,29). The van der Waals surface area contributed by atoms with Gasteiger partial charge in [0, 0.05) is 32.0 Å². The van der Waals surface area contributed by atoms with Gasteiger partial charge < -0.3 is 26.0 Å². The third-order valence-corrected chi connectivity index (χ3v) is 4.07. The van der Waals surface area contributed by atoms with Gasteiger partial charge in [0.05, 0.1) is 19.6 Å². The molecule has 0 fully saturated rings. The first kappa shape index (κ1) is 26.3. The van der Waals surface area contributed by atoms with Crippen LogP contribution in [0.15, 0.2) is 12.2 Å². The first-order valence-corrected chi connectivity index (χ1v) is 9.92. The number of esters is 1. The molecule has 0 aliphatic carbocycles. The lowest BCUT2D eigenvalue weighted by Gasteiger charge is -2.13. The molecule has 0 saturated heterocycles. The quantitative estimate of drug-likeness (QED) is 0.0960. The summed E-state index contributed by atoms with van der Waals surface area (Å²) in [7, 11) is 0. The molecule has 0 aromatic rings. The number of carbonyl (C=O) groups is 7. The second-order valence-corrected chi connectivity index (χ2v) is 6.68. The molecule has 6 amide bonds. The molecule has 0 radical (unpaired) electrons. The molecule has 13 nitrogen and oxygen atoms in total. The molecule has 1 heterocycles. The van der Waals surface area contributed by atoms with E-state index in [2.05, 4.69) is 26.0 Å². The Morgan fingerprint density at radius 3 is 1.78 bits per heavy atom. The molecule has 1 rings (SSSR count). The fourth-order valence-electron chi connectivity index (χ4n) is 2.41. The van der Waals surface area contributed by atoms with Gasteiger partial charge in [0.15, 0.2) is 6.73 Å². The van der Waals surface area contributed by atoms with Gasteiger partial charge in [0.1, 0.15) is 0 Å². The van der Waals surface area contributed by atoms with Crippen LogP contribution in [-0.2, 0) is 38.3 Å². The second kappa shape index (κ2) is 14.3. The van der Waals surface area contributed by atoms with Crippen molar-refractivity contribution in [2.75, 3.05) is 32.9 Å². The van der Waals surface area contributed by atoms with Gasteiger partial charge in [-0.1, -0.05) is 6.42 Å². The molecule has 1 aliphatic heterocycles. The summed E-state index contributed by atoms with van der Waals surface area (Å²) in [4.78, 5) is 80.8. The number of nitrogens with zero attached hydrogens (tertiary/aromatic N) is 1. The maximum atomic E-state index is 11.7. The first-order chi connectivity index (χ1) is 15.2. The van der Waals surface area contributed by atoms with E-state index in [0.717, 1.165) is 4.90 Å². The number of amides is 6. The molecule has 0 unspecified atom stereocenters. The van der Waals surface area contributed by atoms with Gasteiger partial charge in [-0.3, -0.25) is 38.5 Å². The molecular formula is C19H27N5O8. The van der Waals surface area contributed by atoms with Crippen LogP contribution in [0.25, 0.3) is 0 Å². The molecule has 0 atom stereocenters. The highest BCUT2D eigenvalue weighted by Gasteiger charge is 2.22. The van der Waals surface area contributed by atoms with Crippen molar-refractivity contribution in [2.45, 2.75) is 32.6 Å². The summed E-state index contributed by atoms with van der Waals surface area (Å²) < 4.78 is 4.51. The van der Waals surface area contributed by atoms with Crippen LogP contribution < -0.4 is 21.3 Å². The van der Waals surface area contributed by atoms with Gasteiger partial charge in [-0.05, 0) is 12.8 Å². The molecule has 0 aromatic carbocycles. The zero-order valence-electron chi connectivity index (χ0n) is 17.7. The topological polar surface area (TPSA) is 180 Å². The Morgan fingerprint density at radius 1 is 0.750 bits per heavy atom. The number of rotatable bonds is 14. The molecule has 0 saturated carbocycles. The van der Waals surface area contributed by atoms with Crippen molar-refractivity contribution in [3.05, 3.63) is 12.2 Å². The number of hydrogen-bond acceptors (Lipinski definition) is 8. The highest BCUT2D eigenvalue weighted by Crippen LogP contribution is 2.07. The summed E-state index contributed by atoms with van der Waals surface area (Å²) in [6.07, 6.45) is 4.34. The molecule has 0 bridgehead atoms. The van der Waals surface area contributed by atoms with E-state index in [1.807, 2.05) is 0 Å². The molecule has 1 aliphatic rings. The van der Waals surface area contributed by atoms with Crippen molar-refractivity contribution in [2.24, 2.45) is 0 Å². The Kier molecular flexibility index (Phi) is 11.7. The van der Waals surface area contributed by atoms with Gasteiger partial charge in [0.2, 0.25) is 23.6 Å². The highest BCUT2D eigenvalue weighted by atomic mass is 16.5. The zero-order valence-corrected chi connectivity index (χ0v) is 17.7. The van der Waals surface area contributed by atoms with Crippen molar-refractivity contribution in [1.29, 1.82) is 0 Å². The summed E-state index contributed by atoms with van der Waals surface area (Å²) in [6.45, 7) is 0.123. The summed E-state index contributed by atoms with van der Waals surface area (Å²) >= 11 is 0. The molecule has 32 heavy (non-hydrogen) atoms. The number of imide groups is 1. The van der Waals surface area contributed by atoms with Crippen LogP contribution >= 0.6 is 0 Å². The lowest BCUT2D eigenvalue weighted by atomic mass is 10.2. The predicted molar refractivity (Wildman–Crippen MR) is 108 cm³/mol. The number of unbranched alkanes of at least 4 members (excludes halogenated alkanes) is 2. The lowest BCUT2D eigenvalue weighted by molar-refractivity contribution is -0.143. The maximum Gasteiger partial charge on any atom is 0.304 e. The summed E-state index contributed by atoms with van der Waals surface area (Å²) in [5.41, 5.74) is 0. The van der Waals surface area contributed by atoms with E-state index >= 15 is 0 Å². The van der Waals surface area contributed by atoms with E-state index in [9.17, 15) is 33.6 Å². The third kappa shape index (κ3) is 11.4. The Hall–Kier alpha value is -3.77. The van der Waals surface area contributed by atoms with Gasteiger partial charge in [-0.2, -0.15) is 0 Å². The fourth-order valence-corrected chi connectivity index (χ4v) is 2.41. The smallest absolute Gasteiger partial charge is 0.304 e. The van der Waals surface area contributed by atoms with Crippen molar-refractivity contribution in [3.8, 4) is 0 Å². The first-order valence-electron chi connectivity index (χ1n) is 9.92. The van der Waals surface area contributed by atoms with Crippen LogP contribution in [-0.4, -0.2) is 79.2 Å². The van der Waals surface area contributed by atoms with Gasteiger partial charge in [-0.15, -0.1) is 0 Å². The normalized spacial score (nSPS) is 12.3. The number of ether oxygens (including phenoxy) is 1. The molecule has 176 valence electrons. The number of hydrogen-bond donors (Lipinski definition) is 4. The summed E-state index contributed by atoms with van der Waals surface area (Å²) in [6, 6.07) is 0. The Balaban J connectivity index is 2.03. The average molecular weight is 453 g/mol. The van der Waals surface area contributed by atoms with E-state index in [1.165, 1.54) is 19.1 Å². The van der Waals surface area contributed by atoms with Crippen molar-refractivity contribution in [3.63, 3.8) is 0 Å². The Labute approximate surface area is 184 Å². The van der Waals surface area contributed by atoms with E-state index < -0.39 is 23.7 Å². The third-order valence-electron chi connectivity index (χ3n) is 4.07. The van der Waals surface area contributed by atoms with Crippen molar-refractivity contribution in [1.82, 2.24) is 26.2 Å². The average Bonchev–Trinajstić information content (AvgIpc) is 3.06. The maximum absolute atomic E-state index is 11.7. The lowest BCUT2D eigenvalue weighted by Crippen LogP contribution is -2.44. The summed E-state index contributed by atoms with van der Waals surface area (Å²) in [5.74, 6) is -3.35. The Morgan fingerprint density at radius 2 is 1.25 bits per heavy atom. The molecule has 13 heteroatoms. The minimum Gasteiger partial charge on any atom is -0.445 e. The minimum absolute atomic E-state index is 0.177. The SMILES string of the molecule is CC(=O)OCNC(=O)CNC(=O)CNC(=O)CNC(=O)CCCCCN1C(=O)C=CC1=O. The van der Waals surface area contributed by atoms with Gasteiger partial charge in [-0.25, -0.2) is 0 Å². The Bertz CT molecular complexity index is 762. The van der Waals surface area contributed by atoms with Crippen LogP contribution in [0.1, 0.15) is 32.6 Å². The number of nitrogens with one attached hydrogen (secondary N) is 4. The largest absolute Gasteiger partial charge is 0.445 e. The van der Waals surface area contributed by atoms with Crippen molar-refractivity contribution >= 4 is 41.4 Å². The van der Waals surface area contributed by atoms with Crippen LogP contribution in [0.3, 0.4) is 0 Å². The van der Waals surface area contributed by atoms with E-state index in [0.29, 0.717) is 25.8 Å². The van der Waals surface area contributed by atoms with E-state index in [4.69, 9.17) is 0 Å². The molecule has 0 aromatic heterocycles. The highest BCUT2D eigenvalue weighted by molar-refractivity contribution is 6.12. The van der Waals surface area contributed by atoms with Crippen LogP contribution in [0.2, 0.25) is 0 Å². The van der Waals surface area contributed by atoms with Gasteiger partial charge >= 0.3 is 5.97 Å². The van der Waals surface area contributed by atoms with Crippen LogP contribution in [0, 0.1) is 0 Å². The van der Waals surface area contributed by atoms with Gasteiger partial charge in [0.25, 0.3) is 11.8 Å². The van der Waals surface area contributed by atoms with Crippen molar-refractivity contribution < 1.29 is 38.3 Å². The molecule has 4 N–H and O–H groups in total. The predicted octanol–water partition coefficient (Wildman–Crippen LogP) is -2.54. The second-order valence-electron chi connectivity index (χ2n) is 6.68. The molecular weight excluding hydrogens is 426 g/mol. The number of carbonyl (C=O) groups excluding carboxylic acids is 7. The minimum atomic E-state index is -0.613. The van der Waals surface area contributed by atoms with E-state index in [1.54, 1.807) is 0 Å². The zero-order chi connectivity index (χ0) is 23.9. The summed E-state index contributed by atoms with van der Waals surface area (Å²) in [5, 5.41) is 9.22. The monoisotopic (exact) mass is 453 g/mol. The molecule has 0 spiro atoms. The fraction of sp³-hybridized carbons (Fsp3) is 0.526. The van der Waals surface area contributed by atoms with E-state index in [-0.39, 0.29) is 50.5 Å².